The Kier molecular flexibility index (Phi) is 5.88. The van der Waals surface area contributed by atoms with Crippen LogP contribution < -0.4 is 5.73 Å². The van der Waals surface area contributed by atoms with Gasteiger partial charge in [0.25, 0.3) is 0 Å². The van der Waals surface area contributed by atoms with E-state index in [1.807, 2.05) is 6.92 Å². The Balaban J connectivity index is 0.00000225. The van der Waals surface area contributed by atoms with Crippen LogP contribution in [0, 0.1) is 0 Å². The summed E-state index contributed by atoms with van der Waals surface area (Å²) in [5, 5.41) is 4.19. The van der Waals surface area contributed by atoms with Crippen molar-refractivity contribution < 1.29 is 9.53 Å². The van der Waals surface area contributed by atoms with E-state index in [1.165, 1.54) is 4.68 Å². The first kappa shape index (κ1) is 14.8. The molecule has 1 aromatic heterocycles. The van der Waals surface area contributed by atoms with Crippen molar-refractivity contribution in [1.29, 1.82) is 0 Å². The number of aromatic nitrogens is 2. The maximum Gasteiger partial charge on any atom is 0.358 e. The first-order chi connectivity index (χ1) is 7.11. The van der Waals surface area contributed by atoms with Crippen molar-refractivity contribution in [1.82, 2.24) is 9.78 Å². The van der Waals surface area contributed by atoms with Gasteiger partial charge in [0.05, 0.1) is 18.0 Å². The van der Waals surface area contributed by atoms with Gasteiger partial charge in [-0.25, -0.2) is 4.79 Å². The molecule has 1 aromatic rings. The molecule has 1 rings (SSSR count). The van der Waals surface area contributed by atoms with Crippen LogP contribution in [0.25, 0.3) is 0 Å². The van der Waals surface area contributed by atoms with Crippen molar-refractivity contribution in [2.24, 2.45) is 7.05 Å². The van der Waals surface area contributed by atoms with E-state index in [9.17, 15) is 4.79 Å². The van der Waals surface area contributed by atoms with Crippen LogP contribution in [-0.4, -0.2) is 22.4 Å². The lowest BCUT2D eigenvalue weighted by Gasteiger charge is -2.02. The fourth-order valence-electron chi connectivity index (χ4n) is 1.46. The fraction of sp³-hybridized carbons (Fsp3) is 0.600. The lowest BCUT2D eigenvalue weighted by molar-refractivity contribution is 0.0515. The van der Waals surface area contributed by atoms with Crippen LogP contribution in [0.15, 0.2) is 0 Å². The van der Waals surface area contributed by atoms with Crippen molar-refractivity contribution in [3.8, 4) is 0 Å². The molecule has 0 aliphatic heterocycles. The van der Waals surface area contributed by atoms with Gasteiger partial charge in [0.2, 0.25) is 0 Å². The third-order valence-electron chi connectivity index (χ3n) is 2.12. The van der Waals surface area contributed by atoms with E-state index in [1.54, 1.807) is 14.0 Å². The van der Waals surface area contributed by atoms with Gasteiger partial charge in [-0.15, -0.1) is 12.4 Å². The summed E-state index contributed by atoms with van der Waals surface area (Å²) < 4.78 is 6.39. The number of nitrogen functional groups attached to an aromatic ring is 1. The molecular formula is C10H18ClN3O2. The molecule has 5 nitrogen and oxygen atoms in total. The van der Waals surface area contributed by atoms with E-state index in [2.05, 4.69) is 5.10 Å². The van der Waals surface area contributed by atoms with Gasteiger partial charge in [0.15, 0.2) is 5.69 Å². The second-order valence-electron chi connectivity index (χ2n) is 3.30. The zero-order chi connectivity index (χ0) is 11.4. The summed E-state index contributed by atoms with van der Waals surface area (Å²) in [4.78, 5) is 11.5. The molecule has 2 N–H and O–H groups in total. The number of rotatable bonds is 4. The minimum absolute atomic E-state index is 0. The number of nitrogens with two attached hydrogens (primary N) is 1. The molecule has 0 atom stereocenters. The van der Waals surface area contributed by atoms with Crippen LogP contribution in [0.3, 0.4) is 0 Å². The molecule has 0 radical (unpaired) electrons. The third-order valence-corrected chi connectivity index (χ3v) is 2.12. The third kappa shape index (κ3) is 2.88. The normalized spacial score (nSPS) is 9.69. The van der Waals surface area contributed by atoms with Gasteiger partial charge >= 0.3 is 5.97 Å². The highest BCUT2D eigenvalue weighted by Gasteiger charge is 2.20. The van der Waals surface area contributed by atoms with E-state index in [-0.39, 0.29) is 12.4 Å². The van der Waals surface area contributed by atoms with Gasteiger partial charge in [-0.3, -0.25) is 4.68 Å². The average Bonchev–Trinajstić information content (AvgIpc) is 2.43. The standard InChI is InChI=1S/C10H17N3O2.ClH/c1-4-6-7-8(11)9(13(3)12-7)10(14)15-5-2;/h4-6,11H2,1-3H3;1H. The zero-order valence-electron chi connectivity index (χ0n) is 9.82. The van der Waals surface area contributed by atoms with Crippen molar-refractivity contribution in [3.05, 3.63) is 11.4 Å². The SMILES string of the molecule is CCCc1nn(C)c(C(=O)OCC)c1N.Cl. The lowest BCUT2D eigenvalue weighted by Crippen LogP contribution is -2.12. The Morgan fingerprint density at radius 3 is 2.62 bits per heavy atom. The highest BCUT2D eigenvalue weighted by Crippen LogP contribution is 2.18. The molecule has 6 heteroatoms. The van der Waals surface area contributed by atoms with E-state index in [0.29, 0.717) is 18.0 Å². The number of esters is 1. The van der Waals surface area contributed by atoms with Crippen molar-refractivity contribution in [2.75, 3.05) is 12.3 Å². The summed E-state index contributed by atoms with van der Waals surface area (Å²) in [6.07, 6.45) is 1.72. The molecule has 0 fully saturated rings. The first-order valence-electron chi connectivity index (χ1n) is 5.10. The van der Waals surface area contributed by atoms with E-state index < -0.39 is 5.97 Å². The second-order valence-corrected chi connectivity index (χ2v) is 3.30. The number of anilines is 1. The van der Waals surface area contributed by atoms with Crippen molar-refractivity contribution >= 4 is 24.1 Å². The maximum absolute atomic E-state index is 11.5. The van der Waals surface area contributed by atoms with Gasteiger partial charge in [0.1, 0.15) is 0 Å². The van der Waals surface area contributed by atoms with Crippen LogP contribution >= 0.6 is 12.4 Å². The van der Waals surface area contributed by atoms with Gasteiger partial charge in [-0.1, -0.05) is 13.3 Å². The summed E-state index contributed by atoms with van der Waals surface area (Å²) in [7, 11) is 1.70. The fourth-order valence-corrected chi connectivity index (χ4v) is 1.46. The van der Waals surface area contributed by atoms with Crippen LogP contribution in [0.4, 0.5) is 5.69 Å². The molecule has 0 aliphatic carbocycles. The largest absolute Gasteiger partial charge is 0.461 e. The van der Waals surface area contributed by atoms with Gasteiger partial charge in [-0.05, 0) is 13.3 Å². The quantitative estimate of drug-likeness (QED) is 0.820. The number of ether oxygens (including phenoxy) is 1. The Morgan fingerprint density at radius 1 is 1.50 bits per heavy atom. The predicted octanol–water partition coefficient (Wildman–Crippen LogP) is 1.55. The topological polar surface area (TPSA) is 70.1 Å². The summed E-state index contributed by atoms with van der Waals surface area (Å²) >= 11 is 0. The summed E-state index contributed by atoms with van der Waals surface area (Å²) in [6.45, 7) is 4.14. The average molecular weight is 248 g/mol. The molecule has 0 saturated carbocycles. The number of hydrogen-bond acceptors (Lipinski definition) is 4. The molecule has 0 aliphatic rings. The molecule has 0 amide bonds. The first-order valence-corrected chi connectivity index (χ1v) is 5.10. The van der Waals surface area contributed by atoms with E-state index in [0.717, 1.165) is 18.5 Å². The molecule has 16 heavy (non-hydrogen) atoms. The lowest BCUT2D eigenvalue weighted by atomic mass is 10.2. The van der Waals surface area contributed by atoms with Crippen molar-refractivity contribution in [2.45, 2.75) is 26.7 Å². The Bertz CT molecular complexity index is 363. The predicted molar refractivity (Wildman–Crippen MR) is 64.8 cm³/mol. The number of aryl methyl sites for hydroxylation is 2. The molecule has 0 spiro atoms. The number of carbonyl (C=O) groups excluding carboxylic acids is 1. The Labute approximate surface area is 101 Å². The molecular weight excluding hydrogens is 230 g/mol. The van der Waals surface area contributed by atoms with E-state index in [4.69, 9.17) is 10.5 Å². The summed E-state index contributed by atoms with van der Waals surface area (Å²) in [5.41, 5.74) is 7.39. The Hall–Kier alpha value is -1.23. The van der Waals surface area contributed by atoms with Gasteiger partial charge < -0.3 is 10.5 Å². The number of carbonyl (C=O) groups is 1. The molecule has 92 valence electrons. The molecule has 0 unspecified atom stereocenters. The molecule has 0 aromatic carbocycles. The number of halogens is 1. The minimum Gasteiger partial charge on any atom is -0.461 e. The van der Waals surface area contributed by atoms with Crippen molar-refractivity contribution in [3.63, 3.8) is 0 Å². The van der Waals surface area contributed by atoms with Crippen LogP contribution in [0.2, 0.25) is 0 Å². The van der Waals surface area contributed by atoms with Crippen LogP contribution in [0.1, 0.15) is 36.5 Å². The molecule has 1 heterocycles. The minimum atomic E-state index is -0.410. The number of nitrogens with zero attached hydrogens (tertiary/aromatic N) is 2. The highest BCUT2D eigenvalue weighted by atomic mass is 35.5. The number of hydrogen-bond donors (Lipinski definition) is 1. The maximum atomic E-state index is 11.5. The van der Waals surface area contributed by atoms with Crippen LogP contribution in [0.5, 0.6) is 0 Å². The van der Waals surface area contributed by atoms with Gasteiger partial charge in [0, 0.05) is 7.05 Å². The smallest absolute Gasteiger partial charge is 0.358 e. The molecule has 0 saturated heterocycles. The Morgan fingerprint density at radius 2 is 2.12 bits per heavy atom. The zero-order valence-corrected chi connectivity index (χ0v) is 10.6. The summed E-state index contributed by atoms with van der Waals surface area (Å²) in [5.74, 6) is -0.410. The monoisotopic (exact) mass is 247 g/mol. The van der Waals surface area contributed by atoms with E-state index >= 15 is 0 Å². The molecule has 0 bridgehead atoms. The summed E-state index contributed by atoms with van der Waals surface area (Å²) in [6, 6.07) is 0. The highest BCUT2D eigenvalue weighted by molar-refractivity contribution is 5.93. The van der Waals surface area contributed by atoms with Gasteiger partial charge in [-0.2, -0.15) is 5.10 Å². The van der Waals surface area contributed by atoms with Crippen LogP contribution in [-0.2, 0) is 18.2 Å². The second kappa shape index (κ2) is 6.37.